The van der Waals surface area contributed by atoms with E-state index in [1.165, 1.54) is 6.07 Å². The van der Waals surface area contributed by atoms with Crippen LogP contribution in [0.1, 0.15) is 16.8 Å². The second kappa shape index (κ2) is 7.43. The van der Waals surface area contributed by atoms with Gasteiger partial charge in [0.1, 0.15) is 5.82 Å². The Bertz CT molecular complexity index is 885. The first-order chi connectivity index (χ1) is 12.0. The number of hydrogen-bond donors (Lipinski definition) is 2. The van der Waals surface area contributed by atoms with Crippen LogP contribution in [0.2, 0.25) is 0 Å². The lowest BCUT2D eigenvalue weighted by atomic mass is 10.2. The molecule has 0 radical (unpaired) electrons. The zero-order valence-electron chi connectivity index (χ0n) is 14.0. The highest BCUT2D eigenvalue weighted by molar-refractivity contribution is 7.80. The van der Waals surface area contributed by atoms with Gasteiger partial charge in [-0.2, -0.15) is 10.2 Å². The molecule has 0 atom stereocenters. The molecule has 6 nitrogen and oxygen atoms in total. The minimum Gasteiger partial charge on any atom is -0.358 e. The molecule has 2 aromatic heterocycles. The van der Waals surface area contributed by atoms with E-state index in [-0.39, 0.29) is 5.82 Å². The fraction of sp³-hybridized carbons (Fsp3) is 0.235. The lowest BCUT2D eigenvalue weighted by Gasteiger charge is -2.08. The van der Waals surface area contributed by atoms with Gasteiger partial charge in [0.25, 0.3) is 0 Å². The summed E-state index contributed by atoms with van der Waals surface area (Å²) in [4.78, 5) is 0. The fourth-order valence-corrected chi connectivity index (χ4v) is 2.65. The van der Waals surface area contributed by atoms with Gasteiger partial charge in [-0.05, 0) is 25.2 Å². The molecule has 0 fully saturated rings. The van der Waals surface area contributed by atoms with E-state index in [2.05, 4.69) is 20.8 Å². The Morgan fingerprint density at radius 3 is 2.72 bits per heavy atom. The van der Waals surface area contributed by atoms with E-state index in [4.69, 9.17) is 12.2 Å². The van der Waals surface area contributed by atoms with Gasteiger partial charge in [-0.1, -0.05) is 18.2 Å². The molecule has 2 N–H and O–H groups in total. The fourth-order valence-electron chi connectivity index (χ4n) is 2.48. The van der Waals surface area contributed by atoms with E-state index in [9.17, 15) is 4.39 Å². The van der Waals surface area contributed by atoms with Crippen LogP contribution in [0.3, 0.4) is 0 Å². The van der Waals surface area contributed by atoms with Crippen LogP contribution in [0.4, 0.5) is 10.2 Å². The maximum Gasteiger partial charge on any atom is 0.172 e. The Balaban J connectivity index is 1.55. The first kappa shape index (κ1) is 17.1. The average molecular weight is 358 g/mol. The van der Waals surface area contributed by atoms with Crippen LogP contribution in [-0.2, 0) is 20.1 Å². The predicted octanol–water partition coefficient (Wildman–Crippen LogP) is 2.60. The number of anilines is 1. The number of nitrogens with one attached hydrogen (secondary N) is 2. The minimum absolute atomic E-state index is 0.239. The number of aryl methyl sites for hydroxylation is 2. The van der Waals surface area contributed by atoms with Crippen molar-refractivity contribution in [3.05, 3.63) is 65.4 Å². The summed E-state index contributed by atoms with van der Waals surface area (Å²) >= 11 is 5.29. The average Bonchev–Trinajstić information content (AvgIpc) is 3.13. The normalized spacial score (nSPS) is 10.7. The van der Waals surface area contributed by atoms with Gasteiger partial charge < -0.3 is 10.6 Å². The molecule has 0 unspecified atom stereocenters. The number of thiocarbonyl (C=S) groups is 1. The highest BCUT2D eigenvalue weighted by atomic mass is 32.1. The number of nitrogens with zero attached hydrogens (tertiary/aromatic N) is 4. The Kier molecular flexibility index (Phi) is 5.08. The van der Waals surface area contributed by atoms with Crippen molar-refractivity contribution < 1.29 is 4.39 Å². The molecule has 25 heavy (non-hydrogen) atoms. The molecule has 0 amide bonds. The number of hydrogen-bond acceptors (Lipinski definition) is 3. The maximum atomic E-state index is 13.7. The van der Waals surface area contributed by atoms with Gasteiger partial charge in [-0.3, -0.25) is 9.36 Å². The summed E-state index contributed by atoms with van der Waals surface area (Å²) in [6, 6.07) is 8.46. The lowest BCUT2D eigenvalue weighted by molar-refractivity contribution is 0.586. The standard InChI is InChI=1S/C17H19FN6S/c1-12-14(10-23(2)21-12)9-19-17(25)20-16-7-8-24(22-16)11-13-5-3-4-6-15(13)18/h3-8,10H,9,11H2,1-2H3,(H2,19,20,22,25). The van der Waals surface area contributed by atoms with Crippen molar-refractivity contribution in [2.24, 2.45) is 7.05 Å². The largest absolute Gasteiger partial charge is 0.358 e. The molecule has 0 saturated heterocycles. The van der Waals surface area contributed by atoms with Crippen molar-refractivity contribution in [2.75, 3.05) is 5.32 Å². The zero-order chi connectivity index (χ0) is 17.8. The summed E-state index contributed by atoms with van der Waals surface area (Å²) in [6.45, 7) is 2.91. The Hall–Kier alpha value is -2.74. The third-order valence-corrected chi connectivity index (χ3v) is 3.97. The van der Waals surface area contributed by atoms with Crippen molar-refractivity contribution in [3.8, 4) is 0 Å². The molecule has 0 spiro atoms. The highest BCUT2D eigenvalue weighted by Gasteiger charge is 2.07. The van der Waals surface area contributed by atoms with Crippen LogP contribution in [0, 0.1) is 12.7 Å². The van der Waals surface area contributed by atoms with Gasteiger partial charge in [0.2, 0.25) is 0 Å². The molecule has 130 valence electrons. The SMILES string of the molecule is Cc1nn(C)cc1CNC(=S)Nc1ccn(Cc2ccccc2F)n1. The van der Waals surface area contributed by atoms with E-state index >= 15 is 0 Å². The van der Waals surface area contributed by atoms with Gasteiger partial charge in [0.05, 0.1) is 12.2 Å². The molecule has 0 aliphatic carbocycles. The number of aromatic nitrogens is 4. The van der Waals surface area contributed by atoms with Gasteiger partial charge in [-0.15, -0.1) is 0 Å². The Labute approximate surface area is 150 Å². The first-order valence-corrected chi connectivity index (χ1v) is 8.23. The van der Waals surface area contributed by atoms with Crippen LogP contribution in [-0.4, -0.2) is 24.7 Å². The molecule has 2 heterocycles. The van der Waals surface area contributed by atoms with Gasteiger partial charge >= 0.3 is 0 Å². The maximum absolute atomic E-state index is 13.7. The third-order valence-electron chi connectivity index (χ3n) is 3.73. The molecule has 3 aromatic rings. The van der Waals surface area contributed by atoms with Crippen LogP contribution in [0.25, 0.3) is 0 Å². The van der Waals surface area contributed by atoms with Crippen molar-refractivity contribution >= 4 is 23.1 Å². The monoisotopic (exact) mass is 358 g/mol. The molecule has 8 heteroatoms. The topological polar surface area (TPSA) is 59.7 Å². The van der Waals surface area contributed by atoms with E-state index in [0.29, 0.717) is 29.6 Å². The molecule has 3 rings (SSSR count). The number of benzene rings is 1. The van der Waals surface area contributed by atoms with Crippen LogP contribution in [0.5, 0.6) is 0 Å². The molecule has 1 aromatic carbocycles. The summed E-state index contributed by atoms with van der Waals surface area (Å²) in [5, 5.41) is 15.3. The molecule has 0 bridgehead atoms. The first-order valence-electron chi connectivity index (χ1n) is 7.82. The van der Waals surface area contributed by atoms with Gasteiger partial charge in [0.15, 0.2) is 10.9 Å². The second-order valence-corrected chi connectivity index (χ2v) is 6.12. The highest BCUT2D eigenvalue weighted by Crippen LogP contribution is 2.10. The quantitative estimate of drug-likeness (QED) is 0.687. The summed E-state index contributed by atoms with van der Waals surface area (Å²) in [6.07, 6.45) is 3.73. The van der Waals surface area contributed by atoms with Crippen molar-refractivity contribution in [1.29, 1.82) is 0 Å². The molecule has 0 aliphatic heterocycles. The second-order valence-electron chi connectivity index (χ2n) is 5.71. The molecule has 0 aliphatic rings. The molecular weight excluding hydrogens is 339 g/mol. The number of rotatable bonds is 5. The van der Waals surface area contributed by atoms with Gasteiger partial charge in [-0.25, -0.2) is 4.39 Å². The summed E-state index contributed by atoms with van der Waals surface area (Å²) in [7, 11) is 1.88. The third kappa shape index (κ3) is 4.42. The van der Waals surface area contributed by atoms with Gasteiger partial charge in [0, 0.05) is 43.2 Å². The van der Waals surface area contributed by atoms with E-state index < -0.39 is 0 Å². The predicted molar refractivity (Wildman–Crippen MR) is 98.7 cm³/mol. The van der Waals surface area contributed by atoms with Crippen LogP contribution < -0.4 is 10.6 Å². The van der Waals surface area contributed by atoms with E-state index in [1.807, 2.05) is 20.2 Å². The Morgan fingerprint density at radius 1 is 1.20 bits per heavy atom. The van der Waals surface area contributed by atoms with Crippen molar-refractivity contribution in [1.82, 2.24) is 24.9 Å². The van der Waals surface area contributed by atoms with Crippen LogP contribution >= 0.6 is 12.2 Å². The van der Waals surface area contributed by atoms with Crippen molar-refractivity contribution in [2.45, 2.75) is 20.0 Å². The van der Waals surface area contributed by atoms with Crippen molar-refractivity contribution in [3.63, 3.8) is 0 Å². The Morgan fingerprint density at radius 2 is 2.00 bits per heavy atom. The summed E-state index contributed by atoms with van der Waals surface area (Å²) in [5.41, 5.74) is 2.63. The number of halogens is 1. The smallest absolute Gasteiger partial charge is 0.172 e. The van der Waals surface area contributed by atoms with E-state index in [1.54, 1.807) is 39.8 Å². The lowest BCUT2D eigenvalue weighted by Crippen LogP contribution is -2.28. The zero-order valence-corrected chi connectivity index (χ0v) is 14.8. The summed E-state index contributed by atoms with van der Waals surface area (Å²) in [5.74, 6) is 0.369. The molecular formula is C17H19FN6S. The molecule has 0 saturated carbocycles. The van der Waals surface area contributed by atoms with E-state index in [0.717, 1.165) is 11.3 Å². The van der Waals surface area contributed by atoms with Crippen LogP contribution in [0.15, 0.2) is 42.7 Å². The summed E-state index contributed by atoms with van der Waals surface area (Å²) < 4.78 is 17.1. The minimum atomic E-state index is -0.239.